The summed E-state index contributed by atoms with van der Waals surface area (Å²) in [6, 6.07) is 1.63. The lowest BCUT2D eigenvalue weighted by Crippen LogP contribution is -2.37. The van der Waals surface area contributed by atoms with E-state index < -0.39 is 5.97 Å². The van der Waals surface area contributed by atoms with E-state index in [1.54, 1.807) is 9.58 Å². The van der Waals surface area contributed by atoms with Crippen LogP contribution in [0.4, 0.5) is 0 Å². The van der Waals surface area contributed by atoms with Crippen LogP contribution in [0.5, 0.6) is 0 Å². The molecule has 1 atom stereocenters. The van der Waals surface area contributed by atoms with Gasteiger partial charge in [0.05, 0.1) is 12.1 Å². The number of hydrogen-bond donors (Lipinski definition) is 1. The van der Waals surface area contributed by atoms with Gasteiger partial charge in [-0.2, -0.15) is 5.10 Å². The zero-order valence-electron chi connectivity index (χ0n) is 12.0. The molecule has 0 spiro atoms. The summed E-state index contributed by atoms with van der Waals surface area (Å²) in [7, 11) is 0. The summed E-state index contributed by atoms with van der Waals surface area (Å²) in [5, 5.41) is 13.3. The topological polar surface area (TPSA) is 75.4 Å². The fourth-order valence-corrected chi connectivity index (χ4v) is 2.72. The minimum Gasteiger partial charge on any atom is -0.481 e. The summed E-state index contributed by atoms with van der Waals surface area (Å²) < 4.78 is 1.71. The van der Waals surface area contributed by atoms with Crippen molar-refractivity contribution in [3.63, 3.8) is 0 Å². The molecule has 1 aliphatic rings. The average Bonchev–Trinajstić information content (AvgIpc) is 3.03. The van der Waals surface area contributed by atoms with Gasteiger partial charge in [0.25, 0.3) is 5.91 Å². The molecule has 1 saturated heterocycles. The molecule has 1 aromatic heterocycles. The number of hydrogen-bond acceptors (Lipinski definition) is 3. The number of aliphatic carboxylic acids is 1. The molecule has 20 heavy (non-hydrogen) atoms. The number of likely N-dealkylation sites (tertiary alicyclic amines) is 1. The van der Waals surface area contributed by atoms with Gasteiger partial charge >= 0.3 is 5.97 Å². The Morgan fingerprint density at radius 3 is 2.80 bits per heavy atom. The number of amides is 1. The van der Waals surface area contributed by atoms with Crippen LogP contribution in [0.3, 0.4) is 0 Å². The largest absolute Gasteiger partial charge is 0.481 e. The number of rotatable bonds is 5. The van der Waals surface area contributed by atoms with Gasteiger partial charge in [-0.05, 0) is 32.3 Å². The molecule has 1 N–H and O–H groups in total. The third-order valence-electron chi connectivity index (χ3n) is 3.76. The summed E-state index contributed by atoms with van der Waals surface area (Å²) in [6.07, 6.45) is 2.43. The lowest BCUT2D eigenvalue weighted by molar-refractivity contribution is -0.137. The molecule has 6 heteroatoms. The van der Waals surface area contributed by atoms with Gasteiger partial charge in [-0.1, -0.05) is 6.92 Å². The average molecular weight is 279 g/mol. The van der Waals surface area contributed by atoms with Crippen LogP contribution < -0.4 is 0 Å². The third-order valence-corrected chi connectivity index (χ3v) is 3.76. The third kappa shape index (κ3) is 2.84. The van der Waals surface area contributed by atoms with E-state index in [1.165, 1.54) is 0 Å². The number of aryl methyl sites for hydroxylation is 2. The van der Waals surface area contributed by atoms with Crippen LogP contribution in [0.15, 0.2) is 6.07 Å². The first-order valence-electron chi connectivity index (χ1n) is 7.16. The Morgan fingerprint density at radius 2 is 2.20 bits per heavy atom. The minimum absolute atomic E-state index is 0.0205. The predicted molar refractivity (Wildman–Crippen MR) is 73.6 cm³/mol. The molecule has 1 aromatic rings. The molecular formula is C14H21N3O3. The van der Waals surface area contributed by atoms with Crippen molar-refractivity contribution in [1.82, 2.24) is 14.7 Å². The maximum absolute atomic E-state index is 12.6. The molecule has 1 aliphatic heterocycles. The fourth-order valence-electron chi connectivity index (χ4n) is 2.72. The molecule has 0 aromatic carbocycles. The number of nitrogens with zero attached hydrogens (tertiary/aromatic N) is 3. The van der Waals surface area contributed by atoms with E-state index in [1.807, 2.05) is 19.9 Å². The summed E-state index contributed by atoms with van der Waals surface area (Å²) in [6.45, 7) is 5.22. The number of carboxylic acid groups (broad SMARTS) is 1. The van der Waals surface area contributed by atoms with Crippen molar-refractivity contribution < 1.29 is 14.7 Å². The summed E-state index contributed by atoms with van der Waals surface area (Å²) in [5.74, 6) is -0.948. The molecule has 2 heterocycles. The van der Waals surface area contributed by atoms with Crippen LogP contribution in [-0.4, -0.2) is 44.3 Å². The molecule has 0 saturated carbocycles. The lowest BCUT2D eigenvalue weighted by atomic mass is 10.1. The highest BCUT2D eigenvalue weighted by atomic mass is 16.4. The van der Waals surface area contributed by atoms with Crippen molar-refractivity contribution in [2.24, 2.45) is 0 Å². The highest BCUT2D eigenvalue weighted by Gasteiger charge is 2.32. The summed E-state index contributed by atoms with van der Waals surface area (Å²) in [4.78, 5) is 25.2. The van der Waals surface area contributed by atoms with Gasteiger partial charge in [-0.3, -0.25) is 14.3 Å². The van der Waals surface area contributed by atoms with Crippen molar-refractivity contribution in [2.45, 2.75) is 52.1 Å². The molecular weight excluding hydrogens is 258 g/mol. The smallest absolute Gasteiger partial charge is 0.305 e. The number of carbonyl (C=O) groups is 2. The summed E-state index contributed by atoms with van der Waals surface area (Å²) in [5.41, 5.74) is 1.46. The Balaban J connectivity index is 2.21. The predicted octanol–water partition coefficient (Wildman–Crippen LogP) is 1.54. The van der Waals surface area contributed by atoms with E-state index in [2.05, 4.69) is 5.10 Å². The van der Waals surface area contributed by atoms with Crippen molar-refractivity contribution in [3.8, 4) is 0 Å². The van der Waals surface area contributed by atoms with Gasteiger partial charge < -0.3 is 10.0 Å². The van der Waals surface area contributed by atoms with Crippen LogP contribution in [0.25, 0.3) is 0 Å². The maximum atomic E-state index is 12.6. The van der Waals surface area contributed by atoms with Gasteiger partial charge in [-0.15, -0.1) is 0 Å². The van der Waals surface area contributed by atoms with E-state index >= 15 is 0 Å². The molecule has 1 amide bonds. The second-order valence-corrected chi connectivity index (χ2v) is 5.08. The van der Waals surface area contributed by atoms with Crippen LogP contribution in [0.1, 0.15) is 49.3 Å². The van der Waals surface area contributed by atoms with Crippen molar-refractivity contribution in [2.75, 3.05) is 6.54 Å². The highest BCUT2D eigenvalue weighted by molar-refractivity contribution is 5.93. The number of carboxylic acids is 1. The molecule has 6 nitrogen and oxygen atoms in total. The first kappa shape index (κ1) is 14.6. The van der Waals surface area contributed by atoms with Crippen molar-refractivity contribution in [1.29, 1.82) is 0 Å². The molecule has 2 rings (SSSR count). The van der Waals surface area contributed by atoms with Crippen molar-refractivity contribution in [3.05, 3.63) is 17.5 Å². The van der Waals surface area contributed by atoms with E-state index in [0.29, 0.717) is 18.8 Å². The van der Waals surface area contributed by atoms with Crippen molar-refractivity contribution >= 4 is 11.9 Å². The second-order valence-electron chi connectivity index (χ2n) is 5.08. The molecule has 1 unspecified atom stereocenters. The normalized spacial score (nSPS) is 18.5. The van der Waals surface area contributed by atoms with E-state index in [0.717, 1.165) is 25.0 Å². The maximum Gasteiger partial charge on any atom is 0.305 e. The van der Waals surface area contributed by atoms with Gasteiger partial charge in [0.2, 0.25) is 0 Å². The Labute approximate surface area is 118 Å². The minimum atomic E-state index is -0.854. The molecule has 1 fully saturated rings. The van der Waals surface area contributed by atoms with Crippen LogP contribution in [0.2, 0.25) is 0 Å². The van der Waals surface area contributed by atoms with E-state index in [9.17, 15) is 9.59 Å². The highest BCUT2D eigenvalue weighted by Crippen LogP contribution is 2.23. The van der Waals surface area contributed by atoms with Gasteiger partial charge in [0.15, 0.2) is 0 Å². The van der Waals surface area contributed by atoms with E-state index in [-0.39, 0.29) is 18.4 Å². The molecule has 0 bridgehead atoms. The zero-order valence-corrected chi connectivity index (χ0v) is 12.0. The monoisotopic (exact) mass is 279 g/mol. The van der Waals surface area contributed by atoms with Gasteiger partial charge in [-0.25, -0.2) is 0 Å². The second kappa shape index (κ2) is 6.07. The van der Waals surface area contributed by atoms with Crippen LogP contribution in [-0.2, 0) is 17.8 Å². The Morgan fingerprint density at radius 1 is 1.45 bits per heavy atom. The Kier molecular flexibility index (Phi) is 4.42. The van der Waals surface area contributed by atoms with E-state index in [4.69, 9.17) is 5.11 Å². The fraction of sp³-hybridized carbons (Fsp3) is 0.643. The summed E-state index contributed by atoms with van der Waals surface area (Å²) >= 11 is 0. The van der Waals surface area contributed by atoms with Crippen LogP contribution in [0, 0.1) is 0 Å². The van der Waals surface area contributed by atoms with Gasteiger partial charge in [0.1, 0.15) is 5.69 Å². The standard InChI is InChI=1S/C14H21N3O3/c1-3-10-8-12(17(4-2)15-10)14(20)16-7-5-6-11(16)9-13(18)19/h8,11H,3-7,9H2,1-2H3,(H,18,19). The lowest BCUT2D eigenvalue weighted by Gasteiger charge is -2.23. The SMILES string of the molecule is CCc1cc(C(=O)N2CCCC2CC(=O)O)n(CC)n1. The van der Waals surface area contributed by atoms with Crippen LogP contribution >= 0.6 is 0 Å². The first-order chi connectivity index (χ1) is 9.56. The molecule has 0 aliphatic carbocycles. The number of aromatic nitrogens is 2. The number of carbonyl (C=O) groups excluding carboxylic acids is 1. The zero-order chi connectivity index (χ0) is 14.7. The first-order valence-corrected chi connectivity index (χ1v) is 7.16. The molecule has 110 valence electrons. The quantitative estimate of drug-likeness (QED) is 0.887. The Bertz CT molecular complexity index is 510. The van der Waals surface area contributed by atoms with Gasteiger partial charge in [0, 0.05) is 19.1 Å². The Hall–Kier alpha value is -1.85. The molecule has 0 radical (unpaired) electrons.